The number of pyridine rings is 1. The van der Waals surface area contributed by atoms with Gasteiger partial charge in [-0.15, -0.1) is 0 Å². The molecule has 0 radical (unpaired) electrons. The Hall–Kier alpha value is -1.16. The molecule has 1 saturated carbocycles. The van der Waals surface area contributed by atoms with Crippen molar-refractivity contribution in [3.63, 3.8) is 0 Å². The zero-order chi connectivity index (χ0) is 10.5. The van der Waals surface area contributed by atoms with Crippen LogP contribution in [0.1, 0.15) is 18.5 Å². The van der Waals surface area contributed by atoms with Gasteiger partial charge >= 0.3 is 0 Å². The molecule has 0 aliphatic heterocycles. The maximum absolute atomic E-state index is 5.14. The fourth-order valence-corrected chi connectivity index (χ4v) is 1.58. The first-order chi connectivity index (χ1) is 7.34. The zero-order valence-electron chi connectivity index (χ0n) is 8.57. The molecule has 1 aromatic rings. The van der Waals surface area contributed by atoms with E-state index < -0.39 is 0 Å². The molecule has 1 fully saturated rings. The van der Waals surface area contributed by atoms with E-state index >= 15 is 0 Å². The summed E-state index contributed by atoms with van der Waals surface area (Å²) >= 11 is 5.14. The molecule has 1 aromatic heterocycles. The molecule has 4 heteroatoms. The van der Waals surface area contributed by atoms with Crippen molar-refractivity contribution in [3.05, 3.63) is 30.1 Å². The number of nitrogens with zero attached hydrogens (tertiary/aromatic N) is 1. The Morgan fingerprint density at radius 2 is 2.33 bits per heavy atom. The van der Waals surface area contributed by atoms with E-state index in [1.54, 1.807) is 0 Å². The van der Waals surface area contributed by atoms with Crippen LogP contribution in [0.3, 0.4) is 0 Å². The number of aromatic nitrogens is 1. The predicted octanol–water partition coefficient (Wildman–Crippen LogP) is 1.25. The lowest BCUT2D eigenvalue weighted by molar-refractivity contribution is 0.800. The van der Waals surface area contributed by atoms with Crippen LogP contribution < -0.4 is 10.6 Å². The Bertz CT molecular complexity index is 322. The van der Waals surface area contributed by atoms with E-state index in [0.717, 1.165) is 23.8 Å². The normalized spacial score (nSPS) is 14.7. The standard InChI is InChI=1S/C11H15N3S/c15-11(14-10-4-5-10)13-8-6-9-3-1-2-7-12-9/h1-3,7,10H,4-6,8H2,(H2,13,14,15). The van der Waals surface area contributed by atoms with Gasteiger partial charge in [0.1, 0.15) is 0 Å². The summed E-state index contributed by atoms with van der Waals surface area (Å²) in [6.07, 6.45) is 5.23. The van der Waals surface area contributed by atoms with Crippen molar-refractivity contribution in [2.75, 3.05) is 6.54 Å². The van der Waals surface area contributed by atoms with Gasteiger partial charge in [0.15, 0.2) is 5.11 Å². The van der Waals surface area contributed by atoms with Crippen molar-refractivity contribution in [2.24, 2.45) is 0 Å². The second-order valence-electron chi connectivity index (χ2n) is 3.75. The lowest BCUT2D eigenvalue weighted by atomic mass is 10.3. The van der Waals surface area contributed by atoms with Gasteiger partial charge in [-0.3, -0.25) is 4.98 Å². The van der Waals surface area contributed by atoms with Crippen molar-refractivity contribution in [3.8, 4) is 0 Å². The van der Waals surface area contributed by atoms with Gasteiger partial charge in [-0.1, -0.05) is 6.07 Å². The van der Waals surface area contributed by atoms with E-state index in [9.17, 15) is 0 Å². The van der Waals surface area contributed by atoms with Crippen LogP contribution in [0.25, 0.3) is 0 Å². The summed E-state index contributed by atoms with van der Waals surface area (Å²) in [7, 11) is 0. The van der Waals surface area contributed by atoms with Gasteiger partial charge in [0.25, 0.3) is 0 Å². The lowest BCUT2D eigenvalue weighted by Crippen LogP contribution is -2.37. The Balaban J connectivity index is 1.63. The fourth-order valence-electron chi connectivity index (χ4n) is 1.31. The van der Waals surface area contributed by atoms with Gasteiger partial charge in [0, 0.05) is 30.9 Å². The lowest BCUT2D eigenvalue weighted by Gasteiger charge is -2.08. The van der Waals surface area contributed by atoms with E-state index in [1.807, 2.05) is 24.4 Å². The summed E-state index contributed by atoms with van der Waals surface area (Å²) in [6, 6.07) is 6.58. The molecule has 80 valence electrons. The first-order valence-corrected chi connectivity index (χ1v) is 5.70. The first-order valence-electron chi connectivity index (χ1n) is 5.29. The van der Waals surface area contributed by atoms with Crippen molar-refractivity contribution in [2.45, 2.75) is 25.3 Å². The number of nitrogens with one attached hydrogen (secondary N) is 2. The maximum Gasteiger partial charge on any atom is 0.166 e. The SMILES string of the molecule is S=C(NCCc1ccccn1)NC1CC1. The van der Waals surface area contributed by atoms with Crippen molar-refractivity contribution < 1.29 is 0 Å². The van der Waals surface area contributed by atoms with Crippen LogP contribution in [0.2, 0.25) is 0 Å². The molecule has 1 aliphatic carbocycles. The number of hydrogen-bond donors (Lipinski definition) is 2. The third-order valence-electron chi connectivity index (χ3n) is 2.31. The molecule has 0 aromatic carbocycles. The van der Waals surface area contributed by atoms with Crippen LogP contribution in [0, 0.1) is 0 Å². The fraction of sp³-hybridized carbons (Fsp3) is 0.455. The molecule has 2 N–H and O–H groups in total. The minimum atomic E-state index is 0.625. The third kappa shape index (κ3) is 3.83. The van der Waals surface area contributed by atoms with Gasteiger partial charge in [-0.2, -0.15) is 0 Å². The Labute approximate surface area is 95.3 Å². The molecule has 15 heavy (non-hydrogen) atoms. The quantitative estimate of drug-likeness (QED) is 0.750. The minimum absolute atomic E-state index is 0.625. The zero-order valence-corrected chi connectivity index (χ0v) is 9.39. The van der Waals surface area contributed by atoms with Crippen molar-refractivity contribution in [1.29, 1.82) is 0 Å². The topological polar surface area (TPSA) is 37.0 Å². The summed E-state index contributed by atoms with van der Waals surface area (Å²) in [5.74, 6) is 0. The van der Waals surface area contributed by atoms with Gasteiger partial charge in [0.2, 0.25) is 0 Å². The predicted molar refractivity (Wildman–Crippen MR) is 64.7 cm³/mol. The smallest absolute Gasteiger partial charge is 0.166 e. The summed E-state index contributed by atoms with van der Waals surface area (Å²) in [5.41, 5.74) is 1.10. The average Bonchev–Trinajstić information content (AvgIpc) is 3.03. The number of rotatable bonds is 4. The molecule has 3 nitrogen and oxygen atoms in total. The van der Waals surface area contributed by atoms with Gasteiger partial charge in [-0.05, 0) is 37.2 Å². The summed E-state index contributed by atoms with van der Waals surface area (Å²) in [4.78, 5) is 4.25. The van der Waals surface area contributed by atoms with E-state index in [0.29, 0.717) is 6.04 Å². The van der Waals surface area contributed by atoms with Gasteiger partial charge < -0.3 is 10.6 Å². The molecular weight excluding hydrogens is 206 g/mol. The van der Waals surface area contributed by atoms with Crippen LogP contribution in [-0.2, 0) is 6.42 Å². The second-order valence-corrected chi connectivity index (χ2v) is 4.15. The van der Waals surface area contributed by atoms with Crippen LogP contribution in [-0.4, -0.2) is 22.7 Å². The van der Waals surface area contributed by atoms with Crippen molar-refractivity contribution in [1.82, 2.24) is 15.6 Å². The highest BCUT2D eigenvalue weighted by Crippen LogP contribution is 2.18. The van der Waals surface area contributed by atoms with Gasteiger partial charge in [0.05, 0.1) is 0 Å². The Kier molecular flexibility index (Phi) is 3.50. The second kappa shape index (κ2) is 5.07. The van der Waals surface area contributed by atoms with E-state index in [2.05, 4.69) is 15.6 Å². The molecule has 0 atom stereocenters. The monoisotopic (exact) mass is 221 g/mol. The molecule has 0 saturated heterocycles. The van der Waals surface area contributed by atoms with E-state index in [4.69, 9.17) is 12.2 Å². The number of hydrogen-bond acceptors (Lipinski definition) is 2. The van der Waals surface area contributed by atoms with E-state index in [-0.39, 0.29) is 0 Å². The first kappa shape index (κ1) is 10.4. The molecule has 0 bridgehead atoms. The van der Waals surface area contributed by atoms with Gasteiger partial charge in [-0.25, -0.2) is 0 Å². The summed E-state index contributed by atoms with van der Waals surface area (Å²) < 4.78 is 0. The molecule has 1 heterocycles. The maximum atomic E-state index is 5.14. The third-order valence-corrected chi connectivity index (χ3v) is 2.57. The number of thiocarbonyl (C=S) groups is 1. The molecule has 2 rings (SSSR count). The molecule has 1 aliphatic rings. The summed E-state index contributed by atoms with van der Waals surface area (Å²) in [6.45, 7) is 0.843. The highest BCUT2D eigenvalue weighted by atomic mass is 32.1. The summed E-state index contributed by atoms with van der Waals surface area (Å²) in [5, 5.41) is 7.19. The Morgan fingerprint density at radius 1 is 1.47 bits per heavy atom. The molecule has 0 spiro atoms. The Morgan fingerprint density at radius 3 is 3.00 bits per heavy atom. The minimum Gasteiger partial charge on any atom is -0.362 e. The van der Waals surface area contributed by atoms with Crippen LogP contribution >= 0.6 is 12.2 Å². The highest BCUT2D eigenvalue weighted by molar-refractivity contribution is 7.80. The molecule has 0 amide bonds. The highest BCUT2D eigenvalue weighted by Gasteiger charge is 2.21. The van der Waals surface area contributed by atoms with Crippen LogP contribution in [0.4, 0.5) is 0 Å². The average molecular weight is 221 g/mol. The van der Waals surface area contributed by atoms with E-state index in [1.165, 1.54) is 12.8 Å². The van der Waals surface area contributed by atoms with Crippen LogP contribution in [0.5, 0.6) is 0 Å². The van der Waals surface area contributed by atoms with Crippen LogP contribution in [0.15, 0.2) is 24.4 Å². The largest absolute Gasteiger partial charge is 0.362 e. The van der Waals surface area contributed by atoms with Crippen molar-refractivity contribution >= 4 is 17.3 Å². The molecule has 0 unspecified atom stereocenters. The molecular formula is C11H15N3S.